The Bertz CT molecular complexity index is 933. The van der Waals surface area contributed by atoms with Gasteiger partial charge in [0.25, 0.3) is 0 Å². The van der Waals surface area contributed by atoms with Crippen LogP contribution in [-0.2, 0) is 14.2 Å². The van der Waals surface area contributed by atoms with E-state index in [2.05, 4.69) is 34.6 Å². The first-order valence-electron chi connectivity index (χ1n) is 16.6. The van der Waals surface area contributed by atoms with E-state index < -0.39 is 42.4 Å². The molecular formula is C33H58O9. The third-order valence-corrected chi connectivity index (χ3v) is 13.1. The molecule has 0 aromatic heterocycles. The molecule has 4 saturated carbocycles. The topological polar surface area (TPSA) is 149 Å². The second-order valence-electron chi connectivity index (χ2n) is 15.7. The molecule has 244 valence electrons. The summed E-state index contributed by atoms with van der Waals surface area (Å²) in [6, 6.07) is 0. The first kappa shape index (κ1) is 33.0. The van der Waals surface area contributed by atoms with Gasteiger partial charge in [-0.1, -0.05) is 34.6 Å². The Morgan fingerprint density at radius 2 is 1.62 bits per heavy atom. The van der Waals surface area contributed by atoms with E-state index in [0.717, 1.165) is 32.1 Å². The van der Waals surface area contributed by atoms with Gasteiger partial charge in [-0.2, -0.15) is 0 Å². The van der Waals surface area contributed by atoms with E-state index in [-0.39, 0.29) is 71.6 Å². The minimum Gasteiger partial charge on any atom is -0.394 e. The van der Waals surface area contributed by atoms with Crippen LogP contribution in [0.4, 0.5) is 0 Å². The zero-order chi connectivity index (χ0) is 30.8. The molecule has 1 heterocycles. The quantitative estimate of drug-likeness (QED) is 0.236. The van der Waals surface area contributed by atoms with Crippen LogP contribution in [0.25, 0.3) is 0 Å². The Morgan fingerprint density at radius 3 is 2.24 bits per heavy atom. The predicted molar refractivity (Wildman–Crippen MR) is 156 cm³/mol. The monoisotopic (exact) mass is 598 g/mol. The molecule has 0 spiro atoms. The van der Waals surface area contributed by atoms with Gasteiger partial charge in [-0.05, 0) is 91.8 Å². The van der Waals surface area contributed by atoms with Gasteiger partial charge < -0.3 is 44.8 Å². The summed E-state index contributed by atoms with van der Waals surface area (Å²) in [5, 5.41) is 66.2. The van der Waals surface area contributed by atoms with Gasteiger partial charge in [-0.3, -0.25) is 0 Å². The van der Waals surface area contributed by atoms with Gasteiger partial charge in [0, 0.05) is 19.4 Å². The van der Waals surface area contributed by atoms with Gasteiger partial charge in [0.05, 0.1) is 36.6 Å². The first-order valence-corrected chi connectivity index (χ1v) is 16.6. The highest BCUT2D eigenvalue weighted by molar-refractivity contribution is 5.20. The largest absolute Gasteiger partial charge is 0.394 e. The maximum Gasteiger partial charge on any atom is 0.186 e. The van der Waals surface area contributed by atoms with Gasteiger partial charge in [0.15, 0.2) is 6.29 Å². The molecule has 0 amide bonds. The lowest BCUT2D eigenvalue weighted by Crippen LogP contribution is -2.68. The van der Waals surface area contributed by atoms with Crippen LogP contribution in [0.5, 0.6) is 0 Å². The lowest BCUT2D eigenvalue weighted by Gasteiger charge is -2.66. The molecule has 5 fully saturated rings. The molecule has 9 nitrogen and oxygen atoms in total. The highest BCUT2D eigenvalue weighted by atomic mass is 16.7. The van der Waals surface area contributed by atoms with Crippen LogP contribution in [0, 0.1) is 46.3 Å². The van der Waals surface area contributed by atoms with Crippen LogP contribution in [-0.4, -0.2) is 99.0 Å². The lowest BCUT2D eigenvalue weighted by atomic mass is 9.42. The number of ether oxygens (including phenoxy) is 3. The number of hydrogen-bond donors (Lipinski definition) is 6. The number of aliphatic hydroxyl groups excluding tert-OH is 5. The minimum atomic E-state index is -1.13. The van der Waals surface area contributed by atoms with E-state index >= 15 is 0 Å². The van der Waals surface area contributed by atoms with Crippen molar-refractivity contribution in [2.45, 2.75) is 147 Å². The predicted octanol–water partition coefficient (Wildman–Crippen LogP) is 2.61. The Hall–Kier alpha value is -0.360. The molecule has 0 aromatic rings. The van der Waals surface area contributed by atoms with Crippen LogP contribution in [0.3, 0.4) is 0 Å². The molecule has 16 atom stereocenters. The second kappa shape index (κ2) is 12.1. The first-order chi connectivity index (χ1) is 19.7. The molecular weight excluding hydrogens is 540 g/mol. The van der Waals surface area contributed by atoms with Crippen molar-refractivity contribution in [1.82, 2.24) is 0 Å². The molecule has 42 heavy (non-hydrogen) atoms. The van der Waals surface area contributed by atoms with Crippen molar-refractivity contribution in [3.05, 3.63) is 0 Å². The fraction of sp³-hybridized carbons (Fsp3) is 1.00. The Balaban J connectivity index is 1.28. The molecule has 5 aliphatic rings. The van der Waals surface area contributed by atoms with Gasteiger partial charge in [-0.25, -0.2) is 0 Å². The lowest BCUT2D eigenvalue weighted by molar-refractivity contribution is -0.263. The van der Waals surface area contributed by atoms with Crippen LogP contribution >= 0.6 is 0 Å². The van der Waals surface area contributed by atoms with Crippen LogP contribution < -0.4 is 0 Å². The average Bonchev–Trinajstić information content (AvgIpc) is 3.39. The zero-order valence-corrected chi connectivity index (χ0v) is 26.6. The highest BCUT2D eigenvalue weighted by Gasteiger charge is 2.70. The summed E-state index contributed by atoms with van der Waals surface area (Å²) in [7, 11) is 1.49. The van der Waals surface area contributed by atoms with E-state index in [1.165, 1.54) is 7.11 Å². The fourth-order valence-electron chi connectivity index (χ4n) is 11.0. The molecule has 1 saturated heterocycles. The molecule has 5 rings (SSSR count). The molecule has 3 unspecified atom stereocenters. The smallest absolute Gasteiger partial charge is 0.186 e. The molecule has 1 aliphatic heterocycles. The summed E-state index contributed by atoms with van der Waals surface area (Å²) in [6.07, 6.45) is 1.44. The molecule has 0 bridgehead atoms. The Kier molecular flexibility index (Phi) is 9.51. The summed E-state index contributed by atoms with van der Waals surface area (Å²) >= 11 is 0. The van der Waals surface area contributed by atoms with E-state index in [4.69, 9.17) is 14.2 Å². The number of methoxy groups -OCH3 is 1. The molecule has 0 aromatic carbocycles. The zero-order valence-electron chi connectivity index (χ0n) is 26.6. The molecule has 0 radical (unpaired) electrons. The van der Waals surface area contributed by atoms with Gasteiger partial charge in [0.1, 0.15) is 18.3 Å². The minimum absolute atomic E-state index is 0.00270. The average molecular weight is 599 g/mol. The van der Waals surface area contributed by atoms with Gasteiger partial charge >= 0.3 is 0 Å². The van der Waals surface area contributed by atoms with Crippen LogP contribution in [0.1, 0.15) is 92.4 Å². The van der Waals surface area contributed by atoms with Crippen molar-refractivity contribution >= 4 is 0 Å². The van der Waals surface area contributed by atoms with Crippen molar-refractivity contribution in [2.75, 3.05) is 13.7 Å². The number of hydrogen-bond acceptors (Lipinski definition) is 9. The maximum absolute atomic E-state index is 12.5. The van der Waals surface area contributed by atoms with Gasteiger partial charge in [0.2, 0.25) is 0 Å². The summed E-state index contributed by atoms with van der Waals surface area (Å²) in [5.41, 5.74) is -1.63. The number of fused-ring (bicyclic) bond motifs is 5. The highest BCUT2D eigenvalue weighted by Crippen LogP contribution is 2.69. The van der Waals surface area contributed by atoms with Crippen molar-refractivity contribution in [3.8, 4) is 0 Å². The van der Waals surface area contributed by atoms with Crippen LogP contribution in [0.15, 0.2) is 0 Å². The summed E-state index contributed by atoms with van der Waals surface area (Å²) < 4.78 is 17.4. The van der Waals surface area contributed by atoms with E-state index in [1.54, 1.807) is 0 Å². The van der Waals surface area contributed by atoms with Crippen molar-refractivity contribution in [2.24, 2.45) is 46.3 Å². The third kappa shape index (κ3) is 5.30. The van der Waals surface area contributed by atoms with Crippen molar-refractivity contribution in [3.63, 3.8) is 0 Å². The van der Waals surface area contributed by atoms with E-state index in [1.807, 2.05) is 0 Å². The Morgan fingerprint density at radius 1 is 0.929 bits per heavy atom. The van der Waals surface area contributed by atoms with Crippen molar-refractivity contribution in [1.29, 1.82) is 0 Å². The summed E-state index contributed by atoms with van der Waals surface area (Å²) in [5.74, 6) is 0.358. The molecule has 4 aliphatic carbocycles. The standard InChI is InChI=1S/C33H58O9/c1-17(2)24(41-30-27(38)28(40-6)25(16-34)42-30)8-7-18(3)20-14-22(36)29-32(20,5)12-10-26-31(4)11-9-19(35)13-21(31)23(37)15-33(26,29)39/h17-30,34-39H,7-16H2,1-6H3/t18-,19+,20-,21?,22+,23+,24+,25+,26?,27-,28+,29?,30-,31+,32-,33+/m1/s1. The normalized spacial score (nSPS) is 52.1. The molecule has 9 heteroatoms. The summed E-state index contributed by atoms with van der Waals surface area (Å²) in [6.45, 7) is 10.6. The fourth-order valence-corrected chi connectivity index (χ4v) is 11.0. The maximum atomic E-state index is 12.5. The molecule has 6 N–H and O–H groups in total. The summed E-state index contributed by atoms with van der Waals surface area (Å²) in [4.78, 5) is 0. The second-order valence-corrected chi connectivity index (χ2v) is 15.7. The van der Waals surface area contributed by atoms with Gasteiger partial charge in [-0.15, -0.1) is 0 Å². The SMILES string of the molecule is CO[C@@H]1[C@@H](O)[C@H](O[C@@H](CC[C@@H](C)[C@H]2C[C@H](O)C3[C@]4(O)C[C@H](O)C5C[C@@H](O)CC[C@]5(C)C4CC[C@@]32C)C(C)C)O[C@H]1CO. The number of rotatable bonds is 9. The van der Waals surface area contributed by atoms with E-state index in [9.17, 15) is 30.6 Å². The Labute approximate surface area is 251 Å². The third-order valence-electron chi connectivity index (χ3n) is 13.1. The number of aliphatic hydroxyl groups is 6. The van der Waals surface area contributed by atoms with Crippen molar-refractivity contribution < 1.29 is 44.8 Å². The van der Waals surface area contributed by atoms with Crippen LogP contribution in [0.2, 0.25) is 0 Å². The van der Waals surface area contributed by atoms with E-state index in [0.29, 0.717) is 19.3 Å².